The van der Waals surface area contributed by atoms with E-state index in [9.17, 15) is 13.2 Å². The molecular weight excluding hydrogens is 391 g/mol. The van der Waals surface area contributed by atoms with Gasteiger partial charge in [0.05, 0.1) is 27.7 Å². The average molecular weight is 404 g/mol. The fraction of sp³-hybridized carbons (Fsp3) is 0.188. The molecule has 1 heterocycles. The summed E-state index contributed by atoms with van der Waals surface area (Å²) in [4.78, 5) is 12.8. The van der Waals surface area contributed by atoms with Crippen molar-refractivity contribution in [1.29, 1.82) is 0 Å². The number of halogens is 4. The van der Waals surface area contributed by atoms with Gasteiger partial charge in [-0.1, -0.05) is 23.7 Å². The molecule has 0 aliphatic rings. The first-order valence-electron chi connectivity index (χ1n) is 6.87. The van der Waals surface area contributed by atoms with E-state index >= 15 is 0 Å². The molecule has 0 unspecified atom stereocenters. The molecule has 9 heteroatoms. The monoisotopic (exact) mass is 403 g/mol. The van der Waals surface area contributed by atoms with Crippen LogP contribution in [0.4, 0.5) is 13.2 Å². The second-order valence-corrected chi connectivity index (χ2v) is 7.10. The first-order chi connectivity index (χ1) is 11.9. The van der Waals surface area contributed by atoms with E-state index in [1.807, 2.05) is 6.26 Å². The zero-order valence-electron chi connectivity index (χ0n) is 13.0. The normalized spacial score (nSPS) is 12.8. The summed E-state index contributed by atoms with van der Waals surface area (Å²) in [5.74, 6) is 0.481. The highest BCUT2D eigenvalue weighted by atomic mass is 35.5. The number of thioether (sulfide) groups is 1. The number of aliphatic imine (C=N–C) groups is 2. The van der Waals surface area contributed by atoms with Gasteiger partial charge in [0.1, 0.15) is 0 Å². The highest BCUT2D eigenvalue weighted by molar-refractivity contribution is 7.98. The number of rotatable bonds is 6. The van der Waals surface area contributed by atoms with E-state index < -0.39 is 11.7 Å². The number of thiazole rings is 1. The SMILES string of the molecule is C=N/C=C\C(=N/CSC)c1sc(Cl)nc1-c1cccc(C(F)(F)F)c1. The zero-order valence-corrected chi connectivity index (χ0v) is 15.4. The quantitative estimate of drug-likeness (QED) is 0.571. The van der Waals surface area contributed by atoms with E-state index in [-0.39, 0.29) is 4.47 Å². The van der Waals surface area contributed by atoms with Crippen LogP contribution in [0.3, 0.4) is 0 Å². The third kappa shape index (κ3) is 5.17. The zero-order chi connectivity index (χ0) is 18.4. The molecule has 0 spiro atoms. The first-order valence-corrected chi connectivity index (χ1v) is 9.45. The fourth-order valence-electron chi connectivity index (χ4n) is 1.96. The highest BCUT2D eigenvalue weighted by Crippen LogP contribution is 2.36. The Morgan fingerprint density at radius 3 is 2.84 bits per heavy atom. The molecular formula is C16H13ClF3N3S2. The molecule has 0 fully saturated rings. The Hall–Kier alpha value is -1.64. The molecule has 3 nitrogen and oxygen atoms in total. The number of aromatic nitrogens is 1. The molecule has 0 amide bonds. The molecule has 0 N–H and O–H groups in total. The summed E-state index contributed by atoms with van der Waals surface area (Å²) in [6.07, 6.45) is 0.551. The molecule has 0 saturated heterocycles. The molecule has 1 aromatic carbocycles. The van der Waals surface area contributed by atoms with Crippen LogP contribution < -0.4 is 0 Å². The van der Waals surface area contributed by atoms with E-state index in [0.717, 1.165) is 23.5 Å². The summed E-state index contributed by atoms with van der Waals surface area (Å²) in [5.41, 5.74) is 0.476. The van der Waals surface area contributed by atoms with Gasteiger partial charge in [0.15, 0.2) is 4.47 Å². The summed E-state index contributed by atoms with van der Waals surface area (Å²) in [7, 11) is 0. The van der Waals surface area contributed by atoms with E-state index in [4.69, 9.17) is 11.6 Å². The Balaban J connectivity index is 2.57. The van der Waals surface area contributed by atoms with Crippen LogP contribution in [-0.2, 0) is 6.18 Å². The number of hydrogen-bond donors (Lipinski definition) is 0. The van der Waals surface area contributed by atoms with E-state index in [2.05, 4.69) is 21.7 Å². The third-order valence-corrected chi connectivity index (χ3v) is 4.57. The van der Waals surface area contributed by atoms with Gasteiger partial charge in [-0.3, -0.25) is 9.98 Å². The van der Waals surface area contributed by atoms with Crippen LogP contribution in [0.5, 0.6) is 0 Å². The van der Waals surface area contributed by atoms with Crippen molar-refractivity contribution in [3.63, 3.8) is 0 Å². The van der Waals surface area contributed by atoms with Gasteiger partial charge in [-0.2, -0.15) is 13.2 Å². The predicted molar refractivity (Wildman–Crippen MR) is 101 cm³/mol. The minimum absolute atomic E-state index is 0.222. The van der Waals surface area contributed by atoms with E-state index in [1.54, 1.807) is 12.1 Å². The molecule has 132 valence electrons. The molecule has 25 heavy (non-hydrogen) atoms. The lowest BCUT2D eigenvalue weighted by atomic mass is 10.1. The Labute approximate surface area is 156 Å². The minimum atomic E-state index is -4.43. The van der Waals surface area contributed by atoms with Crippen LogP contribution in [0.1, 0.15) is 10.4 Å². The van der Waals surface area contributed by atoms with Crippen molar-refractivity contribution in [2.75, 3.05) is 12.1 Å². The summed E-state index contributed by atoms with van der Waals surface area (Å²) < 4.78 is 39.2. The van der Waals surface area contributed by atoms with Gasteiger partial charge >= 0.3 is 6.18 Å². The second kappa shape index (κ2) is 8.64. The Morgan fingerprint density at radius 1 is 1.44 bits per heavy atom. The van der Waals surface area contributed by atoms with Crippen LogP contribution in [0, 0.1) is 0 Å². The van der Waals surface area contributed by atoms with Crippen LogP contribution in [0.15, 0.2) is 46.5 Å². The Morgan fingerprint density at radius 2 is 2.20 bits per heavy atom. The molecule has 0 radical (unpaired) electrons. The first kappa shape index (κ1) is 19.7. The standard InChI is InChI=1S/C16H13ClF3N3S2/c1-21-7-6-12(22-9-24-2)14-13(23-15(17)25-14)10-4-3-5-11(8-10)16(18,19)20/h3-8H,1,9H2,2H3/b7-6-,22-12+. The van der Waals surface area contributed by atoms with Crippen molar-refractivity contribution in [3.8, 4) is 11.3 Å². The second-order valence-electron chi connectivity index (χ2n) is 4.68. The minimum Gasteiger partial charge on any atom is -0.273 e. The van der Waals surface area contributed by atoms with Crippen molar-refractivity contribution in [2.45, 2.75) is 6.18 Å². The lowest BCUT2D eigenvalue weighted by Crippen LogP contribution is -2.05. The van der Waals surface area contributed by atoms with Crippen molar-refractivity contribution in [3.05, 3.63) is 51.4 Å². The summed E-state index contributed by atoms with van der Waals surface area (Å²) in [6, 6.07) is 4.97. The van der Waals surface area contributed by atoms with Crippen LogP contribution in [0.25, 0.3) is 11.3 Å². The van der Waals surface area contributed by atoms with Crippen LogP contribution in [0.2, 0.25) is 4.47 Å². The maximum atomic E-state index is 13.0. The maximum absolute atomic E-state index is 13.0. The molecule has 2 aromatic rings. The smallest absolute Gasteiger partial charge is 0.273 e. The molecule has 0 bridgehead atoms. The van der Waals surface area contributed by atoms with Gasteiger partial charge in [0, 0.05) is 11.8 Å². The van der Waals surface area contributed by atoms with Gasteiger partial charge in [-0.05, 0) is 31.2 Å². The van der Waals surface area contributed by atoms with Gasteiger partial charge in [0.25, 0.3) is 0 Å². The van der Waals surface area contributed by atoms with E-state index in [0.29, 0.717) is 27.7 Å². The number of benzene rings is 1. The lowest BCUT2D eigenvalue weighted by Gasteiger charge is -2.09. The van der Waals surface area contributed by atoms with Crippen LogP contribution >= 0.6 is 34.7 Å². The maximum Gasteiger partial charge on any atom is 0.416 e. The predicted octanol–water partition coefficient (Wildman–Crippen LogP) is 5.81. The third-order valence-electron chi connectivity index (χ3n) is 3.00. The van der Waals surface area contributed by atoms with Gasteiger partial charge in [-0.15, -0.1) is 23.1 Å². The van der Waals surface area contributed by atoms with E-state index in [1.165, 1.54) is 24.0 Å². The van der Waals surface area contributed by atoms with Crippen molar-refractivity contribution in [1.82, 2.24) is 4.98 Å². The molecule has 0 aliphatic carbocycles. The topological polar surface area (TPSA) is 37.6 Å². The van der Waals surface area contributed by atoms with Crippen molar-refractivity contribution >= 4 is 47.1 Å². The fourth-order valence-corrected chi connectivity index (χ4v) is 3.35. The van der Waals surface area contributed by atoms with Crippen molar-refractivity contribution < 1.29 is 13.2 Å². The largest absolute Gasteiger partial charge is 0.416 e. The number of alkyl halides is 3. The van der Waals surface area contributed by atoms with Crippen molar-refractivity contribution in [2.24, 2.45) is 9.98 Å². The van der Waals surface area contributed by atoms with Gasteiger partial charge in [0.2, 0.25) is 0 Å². The summed E-state index contributed by atoms with van der Waals surface area (Å²) >= 11 is 8.68. The van der Waals surface area contributed by atoms with Crippen LogP contribution in [-0.4, -0.2) is 29.5 Å². The summed E-state index contributed by atoms with van der Waals surface area (Å²) in [6.45, 7) is 3.37. The van der Waals surface area contributed by atoms with Gasteiger partial charge < -0.3 is 0 Å². The average Bonchev–Trinajstić information content (AvgIpc) is 2.96. The summed E-state index contributed by atoms with van der Waals surface area (Å²) in [5, 5.41) is 0. The Kier molecular flexibility index (Phi) is 6.80. The molecule has 0 aliphatic heterocycles. The van der Waals surface area contributed by atoms with Gasteiger partial charge in [-0.25, -0.2) is 4.98 Å². The number of nitrogens with zero attached hydrogens (tertiary/aromatic N) is 3. The lowest BCUT2D eigenvalue weighted by molar-refractivity contribution is -0.137. The Bertz CT molecular complexity index is 813. The molecule has 0 atom stereocenters. The highest BCUT2D eigenvalue weighted by Gasteiger charge is 2.31. The molecule has 0 saturated carbocycles. The molecule has 2 rings (SSSR count). The number of allylic oxidation sites excluding steroid dienone is 1. The number of hydrogen-bond acceptors (Lipinski definition) is 5. The molecule has 1 aromatic heterocycles.